The van der Waals surface area contributed by atoms with Crippen LogP contribution >= 0.6 is 0 Å². The Labute approximate surface area is 110 Å². The van der Waals surface area contributed by atoms with Gasteiger partial charge < -0.3 is 9.88 Å². The van der Waals surface area contributed by atoms with Crippen LogP contribution in [-0.4, -0.2) is 24.3 Å². The molecule has 0 fully saturated rings. The third-order valence-corrected chi connectivity index (χ3v) is 2.86. The van der Waals surface area contributed by atoms with Crippen molar-refractivity contribution < 1.29 is 0 Å². The summed E-state index contributed by atoms with van der Waals surface area (Å²) in [6.07, 6.45) is 9.10. The molecule has 3 heterocycles. The highest BCUT2D eigenvalue weighted by atomic mass is 15.3. The number of aryl methyl sites for hydroxylation is 1. The number of aromatic nitrogens is 5. The lowest BCUT2D eigenvalue weighted by Crippen LogP contribution is -2.06. The van der Waals surface area contributed by atoms with E-state index in [0.29, 0.717) is 6.54 Å². The first kappa shape index (κ1) is 11.5. The largest absolute Gasteiger partial charge is 0.377 e. The van der Waals surface area contributed by atoms with Gasteiger partial charge in [-0.05, 0) is 18.2 Å². The molecule has 3 aromatic heterocycles. The Bertz CT molecular complexity index is 638. The van der Waals surface area contributed by atoms with Gasteiger partial charge >= 0.3 is 0 Å². The van der Waals surface area contributed by atoms with Crippen LogP contribution in [0.1, 0.15) is 5.82 Å². The second-order valence-corrected chi connectivity index (χ2v) is 4.16. The van der Waals surface area contributed by atoms with Gasteiger partial charge in [0.15, 0.2) is 5.82 Å². The summed E-state index contributed by atoms with van der Waals surface area (Å²) in [4.78, 5) is 8.61. The van der Waals surface area contributed by atoms with Crippen molar-refractivity contribution in [1.29, 1.82) is 0 Å². The van der Waals surface area contributed by atoms with Gasteiger partial charge in [-0.3, -0.25) is 0 Å². The van der Waals surface area contributed by atoms with E-state index in [4.69, 9.17) is 0 Å². The molecule has 0 bridgehead atoms. The molecule has 0 aliphatic heterocycles. The van der Waals surface area contributed by atoms with E-state index in [1.807, 2.05) is 42.2 Å². The molecule has 0 aromatic carbocycles. The number of imidazole rings is 1. The van der Waals surface area contributed by atoms with Crippen LogP contribution < -0.4 is 5.32 Å². The van der Waals surface area contributed by atoms with Crippen molar-refractivity contribution in [3.63, 3.8) is 0 Å². The van der Waals surface area contributed by atoms with Gasteiger partial charge in [-0.15, -0.1) is 0 Å². The molecule has 3 aromatic rings. The fourth-order valence-corrected chi connectivity index (χ4v) is 1.78. The Morgan fingerprint density at radius 3 is 2.74 bits per heavy atom. The number of nitrogens with one attached hydrogen (secondary N) is 1. The predicted molar refractivity (Wildman–Crippen MR) is 71.9 cm³/mol. The normalized spacial score (nSPS) is 10.6. The lowest BCUT2D eigenvalue weighted by molar-refractivity contribution is 0.811. The molecule has 6 nitrogen and oxygen atoms in total. The van der Waals surface area contributed by atoms with Crippen molar-refractivity contribution in [2.75, 3.05) is 5.32 Å². The van der Waals surface area contributed by atoms with E-state index >= 15 is 0 Å². The number of hydrogen-bond donors (Lipinski definition) is 1. The molecule has 96 valence electrons. The minimum Gasteiger partial charge on any atom is -0.377 e. The van der Waals surface area contributed by atoms with Crippen LogP contribution in [0.3, 0.4) is 0 Å². The van der Waals surface area contributed by atoms with Crippen molar-refractivity contribution in [1.82, 2.24) is 24.3 Å². The van der Waals surface area contributed by atoms with Gasteiger partial charge in [-0.25, -0.2) is 14.6 Å². The minimum absolute atomic E-state index is 0.673. The number of rotatable bonds is 4. The maximum Gasteiger partial charge on any atom is 0.153 e. The summed E-state index contributed by atoms with van der Waals surface area (Å²) in [7, 11) is 1.98. The van der Waals surface area contributed by atoms with Gasteiger partial charge in [0.05, 0.1) is 18.4 Å². The standard InChI is InChI=1S/C13H14N6/c1-18-8-6-14-13(18)10-15-11-3-4-12(16-9-11)19-7-2-5-17-19/h2-9,15H,10H2,1H3. The van der Waals surface area contributed by atoms with Gasteiger partial charge in [0.2, 0.25) is 0 Å². The number of anilines is 1. The lowest BCUT2D eigenvalue weighted by Gasteiger charge is -2.07. The highest BCUT2D eigenvalue weighted by Gasteiger charge is 2.01. The molecule has 19 heavy (non-hydrogen) atoms. The van der Waals surface area contributed by atoms with Crippen LogP contribution in [0.15, 0.2) is 49.2 Å². The topological polar surface area (TPSA) is 60.6 Å². The third kappa shape index (κ3) is 2.47. The number of pyridine rings is 1. The highest BCUT2D eigenvalue weighted by Crippen LogP contribution is 2.10. The minimum atomic E-state index is 0.673. The molecular weight excluding hydrogens is 240 g/mol. The molecule has 1 N–H and O–H groups in total. The maximum absolute atomic E-state index is 4.35. The highest BCUT2D eigenvalue weighted by molar-refractivity contribution is 5.43. The monoisotopic (exact) mass is 254 g/mol. The van der Waals surface area contributed by atoms with Gasteiger partial charge in [0, 0.05) is 31.8 Å². The predicted octanol–water partition coefficient (Wildman–Crippen LogP) is 1.61. The van der Waals surface area contributed by atoms with Crippen LogP contribution in [0.4, 0.5) is 5.69 Å². The van der Waals surface area contributed by atoms with E-state index in [2.05, 4.69) is 20.4 Å². The Morgan fingerprint density at radius 1 is 1.16 bits per heavy atom. The summed E-state index contributed by atoms with van der Waals surface area (Å²) >= 11 is 0. The van der Waals surface area contributed by atoms with Crippen molar-refractivity contribution in [3.8, 4) is 5.82 Å². The second-order valence-electron chi connectivity index (χ2n) is 4.16. The first-order valence-corrected chi connectivity index (χ1v) is 5.99. The first-order chi connectivity index (χ1) is 9.33. The zero-order chi connectivity index (χ0) is 13.1. The van der Waals surface area contributed by atoms with Gasteiger partial charge in [0.25, 0.3) is 0 Å². The summed E-state index contributed by atoms with van der Waals surface area (Å²) in [6.45, 7) is 0.673. The van der Waals surface area contributed by atoms with E-state index in [9.17, 15) is 0 Å². The van der Waals surface area contributed by atoms with Gasteiger partial charge in [-0.2, -0.15) is 5.10 Å². The van der Waals surface area contributed by atoms with Gasteiger partial charge in [-0.1, -0.05) is 0 Å². The van der Waals surface area contributed by atoms with E-state index in [-0.39, 0.29) is 0 Å². The summed E-state index contributed by atoms with van der Waals surface area (Å²) in [5, 5.41) is 7.42. The molecule has 0 saturated carbocycles. The molecule has 0 aliphatic carbocycles. The fraction of sp³-hybridized carbons (Fsp3) is 0.154. The Balaban J connectivity index is 1.68. The van der Waals surface area contributed by atoms with E-state index in [1.54, 1.807) is 23.3 Å². The quantitative estimate of drug-likeness (QED) is 0.768. The molecular formula is C13H14N6. The second kappa shape index (κ2) is 4.93. The van der Waals surface area contributed by atoms with E-state index in [1.165, 1.54) is 0 Å². The smallest absolute Gasteiger partial charge is 0.153 e. The average Bonchev–Trinajstić information content (AvgIpc) is 3.09. The number of nitrogens with zero attached hydrogens (tertiary/aromatic N) is 5. The van der Waals surface area contributed by atoms with Crippen molar-refractivity contribution >= 4 is 5.69 Å². The Hall–Kier alpha value is -2.63. The number of hydrogen-bond acceptors (Lipinski definition) is 4. The average molecular weight is 254 g/mol. The van der Waals surface area contributed by atoms with Crippen LogP contribution in [0.25, 0.3) is 5.82 Å². The zero-order valence-electron chi connectivity index (χ0n) is 10.6. The van der Waals surface area contributed by atoms with Crippen molar-refractivity contribution in [2.24, 2.45) is 7.05 Å². The zero-order valence-corrected chi connectivity index (χ0v) is 10.6. The molecule has 0 atom stereocenters. The molecule has 6 heteroatoms. The lowest BCUT2D eigenvalue weighted by atomic mass is 10.4. The maximum atomic E-state index is 4.35. The fourth-order valence-electron chi connectivity index (χ4n) is 1.78. The van der Waals surface area contributed by atoms with Crippen LogP contribution in [0.5, 0.6) is 0 Å². The van der Waals surface area contributed by atoms with Crippen LogP contribution in [-0.2, 0) is 13.6 Å². The molecule has 0 unspecified atom stereocenters. The molecule has 0 radical (unpaired) electrons. The molecule has 3 rings (SSSR count). The molecule has 0 amide bonds. The molecule has 0 saturated heterocycles. The van der Waals surface area contributed by atoms with Crippen molar-refractivity contribution in [3.05, 3.63) is 55.0 Å². The summed E-state index contributed by atoms with van der Waals surface area (Å²) < 4.78 is 3.71. The Morgan fingerprint density at radius 2 is 2.11 bits per heavy atom. The van der Waals surface area contributed by atoms with Gasteiger partial charge in [0.1, 0.15) is 5.82 Å². The van der Waals surface area contributed by atoms with Crippen LogP contribution in [0, 0.1) is 0 Å². The first-order valence-electron chi connectivity index (χ1n) is 5.99. The summed E-state index contributed by atoms with van der Waals surface area (Å²) in [6, 6.07) is 5.77. The summed E-state index contributed by atoms with van der Waals surface area (Å²) in [5.74, 6) is 1.78. The molecule has 0 aliphatic rings. The SMILES string of the molecule is Cn1ccnc1CNc1ccc(-n2cccn2)nc1. The van der Waals surface area contributed by atoms with Crippen LogP contribution in [0.2, 0.25) is 0 Å². The van der Waals surface area contributed by atoms with Crippen molar-refractivity contribution in [2.45, 2.75) is 6.54 Å². The van der Waals surface area contributed by atoms with E-state index in [0.717, 1.165) is 17.3 Å². The third-order valence-electron chi connectivity index (χ3n) is 2.86. The van der Waals surface area contributed by atoms with E-state index < -0.39 is 0 Å². The summed E-state index contributed by atoms with van der Waals surface area (Å²) in [5.41, 5.74) is 0.957. The Kier molecular flexibility index (Phi) is 2.97. The molecule has 0 spiro atoms.